The maximum atomic E-state index is 12.7. The molecule has 1 aromatic rings. The molecule has 0 bridgehead atoms. The number of rotatable bonds is 6. The number of likely N-dealkylation sites (tertiary alicyclic amines) is 1. The Kier molecular flexibility index (Phi) is 6.20. The van der Waals surface area contributed by atoms with Crippen LogP contribution in [0.1, 0.15) is 38.3 Å². The Bertz CT molecular complexity index is 573. The van der Waals surface area contributed by atoms with E-state index < -0.39 is 0 Å². The maximum Gasteiger partial charge on any atom is 0.225 e. The Labute approximate surface area is 143 Å². The van der Waals surface area contributed by atoms with Crippen molar-refractivity contribution in [3.05, 3.63) is 29.8 Å². The number of carbonyl (C=O) groups excluding carboxylic acids is 2. The summed E-state index contributed by atoms with van der Waals surface area (Å²) in [5.74, 6) is 1.00. The van der Waals surface area contributed by atoms with Crippen molar-refractivity contribution in [2.24, 2.45) is 11.7 Å². The molecule has 1 saturated heterocycles. The Balaban J connectivity index is 2.10. The summed E-state index contributed by atoms with van der Waals surface area (Å²) in [6.07, 6.45) is 1.18. The predicted molar refractivity (Wildman–Crippen MR) is 92.5 cm³/mol. The molecule has 1 fully saturated rings. The minimum absolute atomic E-state index is 0.0491. The fourth-order valence-corrected chi connectivity index (χ4v) is 3.29. The summed E-state index contributed by atoms with van der Waals surface area (Å²) in [7, 11) is 1.60. The molecule has 0 aromatic heterocycles. The van der Waals surface area contributed by atoms with Crippen molar-refractivity contribution >= 4 is 11.8 Å². The molecule has 3 N–H and O–H groups in total. The average Bonchev–Trinajstić information content (AvgIpc) is 2.95. The van der Waals surface area contributed by atoms with Crippen LogP contribution in [0.5, 0.6) is 5.75 Å². The van der Waals surface area contributed by atoms with Crippen LogP contribution in [-0.2, 0) is 9.59 Å². The number of nitrogens with zero attached hydrogens (tertiary/aromatic N) is 1. The molecule has 3 atom stereocenters. The van der Waals surface area contributed by atoms with Gasteiger partial charge in [0.25, 0.3) is 0 Å². The van der Waals surface area contributed by atoms with Crippen LogP contribution in [0.2, 0.25) is 0 Å². The van der Waals surface area contributed by atoms with E-state index in [1.54, 1.807) is 7.11 Å². The van der Waals surface area contributed by atoms with Crippen LogP contribution in [0, 0.1) is 5.92 Å². The van der Waals surface area contributed by atoms with Crippen LogP contribution >= 0.6 is 0 Å². The molecule has 132 valence electrons. The normalized spacial score (nSPS) is 21.4. The highest BCUT2D eigenvalue weighted by molar-refractivity contribution is 5.79. The Morgan fingerprint density at radius 1 is 1.38 bits per heavy atom. The smallest absolute Gasteiger partial charge is 0.225 e. The number of benzene rings is 1. The zero-order valence-corrected chi connectivity index (χ0v) is 14.6. The van der Waals surface area contributed by atoms with E-state index in [1.165, 1.54) is 6.92 Å². The van der Waals surface area contributed by atoms with E-state index in [9.17, 15) is 9.59 Å². The molecular weight excluding hydrogens is 306 g/mol. The summed E-state index contributed by atoms with van der Waals surface area (Å²) in [6, 6.07) is 7.27. The first-order valence-corrected chi connectivity index (χ1v) is 8.35. The fourth-order valence-electron chi connectivity index (χ4n) is 3.29. The van der Waals surface area contributed by atoms with E-state index in [0.29, 0.717) is 19.0 Å². The van der Waals surface area contributed by atoms with Gasteiger partial charge in [-0.05, 0) is 43.5 Å². The monoisotopic (exact) mass is 333 g/mol. The molecule has 0 radical (unpaired) electrons. The third-order valence-electron chi connectivity index (χ3n) is 4.59. The van der Waals surface area contributed by atoms with Gasteiger partial charge in [0.1, 0.15) is 5.75 Å². The lowest BCUT2D eigenvalue weighted by atomic mass is 10.0. The quantitative estimate of drug-likeness (QED) is 0.825. The van der Waals surface area contributed by atoms with Gasteiger partial charge in [0.15, 0.2) is 0 Å². The van der Waals surface area contributed by atoms with E-state index in [0.717, 1.165) is 17.7 Å². The molecule has 0 saturated carbocycles. The molecule has 0 aliphatic carbocycles. The molecule has 2 rings (SSSR count). The van der Waals surface area contributed by atoms with Gasteiger partial charge in [0, 0.05) is 19.5 Å². The lowest BCUT2D eigenvalue weighted by Gasteiger charge is -2.25. The summed E-state index contributed by atoms with van der Waals surface area (Å²) in [5, 5.41) is 2.88. The summed E-state index contributed by atoms with van der Waals surface area (Å²) in [5.41, 5.74) is 6.63. The number of ether oxygens (including phenoxy) is 1. The van der Waals surface area contributed by atoms with Gasteiger partial charge in [-0.3, -0.25) is 9.59 Å². The minimum Gasteiger partial charge on any atom is -0.497 e. The zero-order valence-electron chi connectivity index (χ0n) is 14.6. The second-order valence-electron chi connectivity index (χ2n) is 6.46. The van der Waals surface area contributed by atoms with Gasteiger partial charge < -0.3 is 20.7 Å². The third-order valence-corrected chi connectivity index (χ3v) is 4.59. The topological polar surface area (TPSA) is 84.7 Å². The van der Waals surface area contributed by atoms with Crippen LogP contribution in [0.3, 0.4) is 0 Å². The summed E-state index contributed by atoms with van der Waals surface area (Å²) < 4.78 is 5.16. The Morgan fingerprint density at radius 3 is 2.54 bits per heavy atom. The number of carbonyl (C=O) groups is 2. The van der Waals surface area contributed by atoms with Crippen molar-refractivity contribution in [3.63, 3.8) is 0 Å². The standard InChI is InChI=1S/C18H27N3O3/c1-12-8-14(10-19)11-21(12)18(23)9-17(20-13(2)22)15-4-6-16(24-3)7-5-15/h4-7,12,14,17H,8-11,19H2,1-3H3,(H,20,22). The summed E-state index contributed by atoms with van der Waals surface area (Å²) in [6.45, 7) is 4.81. The largest absolute Gasteiger partial charge is 0.497 e. The molecule has 3 unspecified atom stereocenters. The molecule has 2 amide bonds. The van der Waals surface area contributed by atoms with Gasteiger partial charge in [0.2, 0.25) is 11.8 Å². The van der Waals surface area contributed by atoms with Crippen LogP contribution in [0.25, 0.3) is 0 Å². The number of hydrogen-bond acceptors (Lipinski definition) is 4. The van der Waals surface area contributed by atoms with Gasteiger partial charge in [-0.2, -0.15) is 0 Å². The van der Waals surface area contributed by atoms with Gasteiger partial charge >= 0.3 is 0 Å². The van der Waals surface area contributed by atoms with Crippen LogP contribution in [-0.4, -0.2) is 43.0 Å². The van der Waals surface area contributed by atoms with E-state index in [4.69, 9.17) is 10.5 Å². The van der Waals surface area contributed by atoms with Gasteiger partial charge in [-0.1, -0.05) is 12.1 Å². The molecule has 1 aliphatic rings. The summed E-state index contributed by atoms with van der Waals surface area (Å²) >= 11 is 0. The van der Waals surface area contributed by atoms with E-state index >= 15 is 0 Å². The highest BCUT2D eigenvalue weighted by Crippen LogP contribution is 2.26. The first-order chi connectivity index (χ1) is 11.4. The highest BCUT2D eigenvalue weighted by atomic mass is 16.5. The maximum absolute atomic E-state index is 12.7. The van der Waals surface area contributed by atoms with Crippen LogP contribution in [0.15, 0.2) is 24.3 Å². The lowest BCUT2D eigenvalue weighted by Crippen LogP contribution is -2.38. The predicted octanol–water partition coefficient (Wildman–Crippen LogP) is 1.46. The molecule has 6 heteroatoms. The van der Waals surface area contributed by atoms with E-state index in [-0.39, 0.29) is 30.3 Å². The highest BCUT2D eigenvalue weighted by Gasteiger charge is 2.32. The Morgan fingerprint density at radius 2 is 2.04 bits per heavy atom. The first kappa shape index (κ1) is 18.3. The second-order valence-corrected chi connectivity index (χ2v) is 6.46. The third kappa shape index (κ3) is 4.47. The van der Waals surface area contributed by atoms with Gasteiger partial charge in [-0.15, -0.1) is 0 Å². The zero-order chi connectivity index (χ0) is 17.7. The minimum atomic E-state index is -0.343. The fraction of sp³-hybridized carbons (Fsp3) is 0.556. The number of hydrogen-bond donors (Lipinski definition) is 2. The van der Waals surface area contributed by atoms with E-state index in [2.05, 4.69) is 5.32 Å². The van der Waals surface area contributed by atoms with Crippen molar-refractivity contribution in [2.45, 2.75) is 38.8 Å². The van der Waals surface area contributed by atoms with Crippen molar-refractivity contribution in [2.75, 3.05) is 20.2 Å². The number of amides is 2. The molecule has 1 heterocycles. The molecule has 1 aliphatic heterocycles. The van der Waals surface area contributed by atoms with Crippen LogP contribution < -0.4 is 15.8 Å². The van der Waals surface area contributed by atoms with Gasteiger partial charge in [-0.25, -0.2) is 0 Å². The number of methoxy groups -OCH3 is 1. The lowest BCUT2D eigenvalue weighted by molar-refractivity contribution is -0.132. The average molecular weight is 333 g/mol. The summed E-state index contributed by atoms with van der Waals surface area (Å²) in [4.78, 5) is 26.1. The molecular formula is C18H27N3O3. The molecule has 1 aromatic carbocycles. The molecule has 6 nitrogen and oxygen atoms in total. The Hall–Kier alpha value is -2.08. The molecule has 0 spiro atoms. The van der Waals surface area contributed by atoms with E-state index in [1.807, 2.05) is 36.1 Å². The van der Waals surface area contributed by atoms with Crippen molar-refractivity contribution in [1.82, 2.24) is 10.2 Å². The second kappa shape index (κ2) is 8.15. The molecule has 24 heavy (non-hydrogen) atoms. The number of nitrogens with one attached hydrogen (secondary N) is 1. The van der Waals surface area contributed by atoms with Crippen LogP contribution in [0.4, 0.5) is 0 Å². The first-order valence-electron chi connectivity index (χ1n) is 8.35. The van der Waals surface area contributed by atoms with Crippen molar-refractivity contribution in [1.29, 1.82) is 0 Å². The SMILES string of the molecule is COc1ccc(C(CC(=O)N2CC(CN)CC2C)NC(C)=O)cc1. The van der Waals surface area contributed by atoms with Crippen molar-refractivity contribution in [3.8, 4) is 5.75 Å². The number of nitrogens with two attached hydrogens (primary N) is 1. The van der Waals surface area contributed by atoms with Crippen molar-refractivity contribution < 1.29 is 14.3 Å². The van der Waals surface area contributed by atoms with Gasteiger partial charge in [0.05, 0.1) is 19.6 Å².